The van der Waals surface area contributed by atoms with Crippen LogP contribution < -0.4 is 11.1 Å². The Balaban J connectivity index is 2.22. The average molecular weight is 341 g/mol. The Hall–Kier alpha value is -1.15. The van der Waals surface area contributed by atoms with E-state index in [1.165, 1.54) is 0 Å². The lowest BCUT2D eigenvalue weighted by Gasteiger charge is -2.28. The molecule has 0 amide bonds. The van der Waals surface area contributed by atoms with Crippen molar-refractivity contribution in [3.63, 3.8) is 0 Å². The van der Waals surface area contributed by atoms with Crippen molar-refractivity contribution in [2.75, 3.05) is 18.4 Å². The Bertz CT molecular complexity index is 598. The van der Waals surface area contributed by atoms with Gasteiger partial charge in [0.25, 0.3) is 10.0 Å². The van der Waals surface area contributed by atoms with Gasteiger partial charge in [0.15, 0.2) is 0 Å². The maximum absolute atomic E-state index is 12.9. The summed E-state index contributed by atoms with van der Waals surface area (Å²) < 4.78 is 27.0. The molecule has 0 unspecified atom stereocenters. The minimum absolute atomic E-state index is 0.00859. The molecule has 1 aliphatic carbocycles. The summed E-state index contributed by atoms with van der Waals surface area (Å²) in [7, 11) is -3.70. The number of nitrogens with zero attached hydrogens (tertiary/aromatic N) is 1. The van der Waals surface area contributed by atoms with E-state index in [0.29, 0.717) is 13.1 Å². The highest BCUT2D eigenvalue weighted by Crippen LogP contribution is 2.27. The topological polar surface area (TPSA) is 84.7 Å². The molecule has 1 aliphatic rings. The van der Waals surface area contributed by atoms with E-state index in [-0.39, 0.29) is 17.0 Å². The van der Waals surface area contributed by atoms with Crippen molar-refractivity contribution < 1.29 is 13.3 Å². The van der Waals surface area contributed by atoms with E-state index in [1.54, 1.807) is 18.2 Å². The first-order valence-corrected chi connectivity index (χ1v) is 9.64. The molecule has 1 saturated carbocycles. The van der Waals surface area contributed by atoms with Gasteiger partial charge in [-0.2, -0.15) is 0 Å². The van der Waals surface area contributed by atoms with Crippen molar-refractivity contribution in [3.05, 3.63) is 24.3 Å². The van der Waals surface area contributed by atoms with Crippen LogP contribution in [-0.4, -0.2) is 38.1 Å². The standard InChI is InChI=1S/C16H27N3O3S/c1-13(2)19(22-15-7-3-4-8-15)23(20,21)16-9-5-6-14(12-16)18-11-10-17/h5-6,9,12-13,15,18H,3-4,7-8,10-11,17H2,1-2H3. The van der Waals surface area contributed by atoms with Gasteiger partial charge in [-0.25, -0.2) is 8.42 Å². The summed E-state index contributed by atoms with van der Waals surface area (Å²) >= 11 is 0. The molecule has 1 fully saturated rings. The quantitative estimate of drug-likeness (QED) is 0.709. The van der Waals surface area contributed by atoms with Crippen LogP contribution in [0.15, 0.2) is 29.2 Å². The Kier molecular flexibility index (Phi) is 6.41. The van der Waals surface area contributed by atoms with Crippen LogP contribution in [0, 0.1) is 0 Å². The molecular weight excluding hydrogens is 314 g/mol. The van der Waals surface area contributed by atoms with Crippen LogP contribution in [0.2, 0.25) is 0 Å². The molecule has 7 heteroatoms. The van der Waals surface area contributed by atoms with Crippen LogP contribution in [0.5, 0.6) is 0 Å². The third-order valence-corrected chi connectivity index (χ3v) is 5.65. The Morgan fingerprint density at radius 3 is 2.65 bits per heavy atom. The van der Waals surface area contributed by atoms with Crippen LogP contribution in [0.25, 0.3) is 0 Å². The number of rotatable bonds is 8. The summed E-state index contributed by atoms with van der Waals surface area (Å²) in [5.74, 6) is 0. The summed E-state index contributed by atoms with van der Waals surface area (Å²) in [6.07, 6.45) is 4.00. The predicted octanol–water partition coefficient (Wildman–Crippen LogP) is 2.33. The third kappa shape index (κ3) is 4.67. The van der Waals surface area contributed by atoms with Crippen LogP contribution >= 0.6 is 0 Å². The minimum Gasteiger partial charge on any atom is -0.384 e. The van der Waals surface area contributed by atoms with Crippen molar-refractivity contribution in [1.29, 1.82) is 0 Å². The summed E-state index contributed by atoms with van der Waals surface area (Å²) in [5, 5.41) is 3.10. The van der Waals surface area contributed by atoms with Gasteiger partial charge in [0.05, 0.1) is 11.0 Å². The summed E-state index contributed by atoms with van der Waals surface area (Å²) in [4.78, 5) is 6.05. The normalized spacial score (nSPS) is 16.4. The molecule has 0 radical (unpaired) electrons. The van der Waals surface area contributed by atoms with Gasteiger partial charge in [0.2, 0.25) is 0 Å². The highest BCUT2D eigenvalue weighted by atomic mass is 32.2. The molecule has 0 spiro atoms. The monoisotopic (exact) mass is 341 g/mol. The molecule has 0 saturated heterocycles. The summed E-state index contributed by atoms with van der Waals surface area (Å²) in [6.45, 7) is 4.72. The average Bonchev–Trinajstić information content (AvgIpc) is 3.03. The van der Waals surface area contributed by atoms with Gasteiger partial charge >= 0.3 is 0 Å². The van der Waals surface area contributed by atoms with E-state index in [9.17, 15) is 8.42 Å². The number of sulfonamides is 1. The number of nitrogens with one attached hydrogen (secondary N) is 1. The van der Waals surface area contributed by atoms with Crippen LogP contribution in [0.3, 0.4) is 0 Å². The van der Waals surface area contributed by atoms with Crippen LogP contribution in [0.4, 0.5) is 5.69 Å². The number of hydrogen-bond donors (Lipinski definition) is 2. The fraction of sp³-hybridized carbons (Fsp3) is 0.625. The van der Waals surface area contributed by atoms with Gasteiger partial charge in [-0.05, 0) is 44.9 Å². The number of hydrogen-bond acceptors (Lipinski definition) is 5. The van der Waals surface area contributed by atoms with E-state index in [1.807, 2.05) is 19.9 Å². The zero-order valence-electron chi connectivity index (χ0n) is 13.9. The second kappa shape index (κ2) is 8.10. The second-order valence-corrected chi connectivity index (χ2v) is 7.89. The van der Waals surface area contributed by atoms with Crippen molar-refractivity contribution in [2.24, 2.45) is 5.73 Å². The molecule has 0 heterocycles. The summed E-state index contributed by atoms with van der Waals surface area (Å²) in [6, 6.07) is 6.50. The lowest BCUT2D eigenvalue weighted by Crippen LogP contribution is -2.39. The molecule has 130 valence electrons. The van der Waals surface area contributed by atoms with E-state index in [2.05, 4.69) is 5.32 Å². The zero-order chi connectivity index (χ0) is 16.9. The molecule has 3 N–H and O–H groups in total. The molecule has 1 aromatic rings. The fourth-order valence-electron chi connectivity index (χ4n) is 2.68. The van der Waals surface area contributed by atoms with Gasteiger partial charge in [-0.15, -0.1) is 0 Å². The lowest BCUT2D eigenvalue weighted by atomic mass is 10.3. The third-order valence-electron chi connectivity index (χ3n) is 3.82. The van der Waals surface area contributed by atoms with Crippen LogP contribution in [0.1, 0.15) is 39.5 Å². The van der Waals surface area contributed by atoms with Crippen molar-refractivity contribution in [2.45, 2.75) is 56.6 Å². The lowest BCUT2D eigenvalue weighted by molar-refractivity contribution is -0.146. The van der Waals surface area contributed by atoms with Gasteiger partial charge in [-0.1, -0.05) is 23.4 Å². The van der Waals surface area contributed by atoms with Crippen molar-refractivity contribution in [1.82, 2.24) is 4.47 Å². The Labute approximate surface area is 139 Å². The maximum Gasteiger partial charge on any atom is 0.265 e. The van der Waals surface area contributed by atoms with E-state index in [4.69, 9.17) is 10.6 Å². The van der Waals surface area contributed by atoms with Crippen molar-refractivity contribution >= 4 is 15.7 Å². The van der Waals surface area contributed by atoms with Gasteiger partial charge in [0.1, 0.15) is 0 Å². The van der Waals surface area contributed by atoms with Gasteiger partial charge in [-0.3, -0.25) is 4.84 Å². The molecular formula is C16H27N3O3S. The molecule has 2 rings (SSSR count). The molecule has 0 bridgehead atoms. The molecule has 1 aromatic carbocycles. The van der Waals surface area contributed by atoms with Gasteiger partial charge < -0.3 is 11.1 Å². The fourth-order valence-corrected chi connectivity index (χ4v) is 4.21. The predicted molar refractivity (Wildman–Crippen MR) is 91.5 cm³/mol. The first-order valence-electron chi connectivity index (χ1n) is 8.20. The smallest absolute Gasteiger partial charge is 0.265 e. The molecule has 6 nitrogen and oxygen atoms in total. The first-order chi connectivity index (χ1) is 10.9. The molecule has 0 aliphatic heterocycles. The van der Waals surface area contributed by atoms with Crippen molar-refractivity contribution in [3.8, 4) is 0 Å². The highest BCUT2D eigenvalue weighted by molar-refractivity contribution is 7.89. The Morgan fingerprint density at radius 2 is 2.04 bits per heavy atom. The number of nitrogens with two attached hydrogens (primary N) is 1. The highest BCUT2D eigenvalue weighted by Gasteiger charge is 2.32. The minimum atomic E-state index is -3.70. The van der Waals surface area contributed by atoms with E-state index >= 15 is 0 Å². The largest absolute Gasteiger partial charge is 0.384 e. The van der Waals surface area contributed by atoms with E-state index in [0.717, 1.165) is 35.8 Å². The maximum atomic E-state index is 12.9. The SMILES string of the molecule is CC(C)N(OC1CCCC1)S(=O)(=O)c1cccc(NCCN)c1. The number of anilines is 1. The van der Waals surface area contributed by atoms with E-state index < -0.39 is 10.0 Å². The zero-order valence-corrected chi connectivity index (χ0v) is 14.7. The van der Waals surface area contributed by atoms with Crippen LogP contribution in [-0.2, 0) is 14.9 Å². The summed E-state index contributed by atoms with van der Waals surface area (Å²) in [5.41, 5.74) is 6.21. The Morgan fingerprint density at radius 1 is 1.35 bits per heavy atom. The number of hydroxylamine groups is 1. The first kappa shape index (κ1) is 18.2. The second-order valence-electron chi connectivity index (χ2n) is 6.11. The number of benzene rings is 1. The molecule has 0 aromatic heterocycles. The van der Waals surface area contributed by atoms with Gasteiger partial charge in [0, 0.05) is 24.8 Å². The molecule has 0 atom stereocenters. The molecule has 23 heavy (non-hydrogen) atoms.